The second-order valence-electron chi connectivity index (χ2n) is 6.08. The molecule has 110 valence electrons. The molecule has 0 saturated heterocycles. The summed E-state index contributed by atoms with van der Waals surface area (Å²) in [5.41, 5.74) is 2.27. The highest BCUT2D eigenvalue weighted by Gasteiger charge is 2.30. The lowest BCUT2D eigenvalue weighted by atomic mass is 9.89. The van der Waals surface area contributed by atoms with E-state index in [2.05, 4.69) is 11.4 Å². The van der Waals surface area contributed by atoms with Crippen molar-refractivity contribution in [2.45, 2.75) is 47.1 Å². The largest absolute Gasteiger partial charge is 0.481 e. The SMILES string of the molecule is Cc1cc(C)cc(C(C)NC(=O)CC(C)(C)C(=O)O)c1. The van der Waals surface area contributed by atoms with Crippen molar-refractivity contribution in [2.24, 2.45) is 5.41 Å². The van der Waals surface area contributed by atoms with Crippen LogP contribution >= 0.6 is 0 Å². The first-order chi connectivity index (χ1) is 9.11. The summed E-state index contributed by atoms with van der Waals surface area (Å²) >= 11 is 0. The summed E-state index contributed by atoms with van der Waals surface area (Å²) < 4.78 is 0. The van der Waals surface area contributed by atoms with Gasteiger partial charge in [0.15, 0.2) is 0 Å². The Morgan fingerprint density at radius 1 is 1.20 bits per heavy atom. The minimum absolute atomic E-state index is 0.0303. The molecule has 0 aliphatic carbocycles. The first-order valence-corrected chi connectivity index (χ1v) is 6.73. The molecule has 0 bridgehead atoms. The van der Waals surface area contributed by atoms with Gasteiger partial charge in [0, 0.05) is 6.42 Å². The highest BCUT2D eigenvalue weighted by molar-refractivity contribution is 5.84. The molecule has 0 radical (unpaired) electrons. The number of hydrogen-bond donors (Lipinski definition) is 2. The van der Waals surface area contributed by atoms with Gasteiger partial charge in [0.2, 0.25) is 5.91 Å². The number of aliphatic carboxylic acids is 1. The topological polar surface area (TPSA) is 66.4 Å². The zero-order valence-corrected chi connectivity index (χ0v) is 12.8. The van der Waals surface area contributed by atoms with Gasteiger partial charge in [-0.2, -0.15) is 0 Å². The summed E-state index contributed by atoms with van der Waals surface area (Å²) in [6.07, 6.45) is -0.0303. The molecule has 4 heteroatoms. The zero-order valence-electron chi connectivity index (χ0n) is 12.8. The standard InChI is InChI=1S/C16H23NO3/c1-10-6-11(2)8-13(7-10)12(3)17-14(18)9-16(4,5)15(19)20/h6-8,12H,9H2,1-5H3,(H,17,18)(H,19,20). The Kier molecular flexibility index (Phi) is 4.93. The molecule has 1 unspecified atom stereocenters. The Hall–Kier alpha value is -1.84. The maximum absolute atomic E-state index is 11.9. The summed E-state index contributed by atoms with van der Waals surface area (Å²) in [4.78, 5) is 23.0. The molecule has 0 aromatic heterocycles. The quantitative estimate of drug-likeness (QED) is 0.869. The molecule has 1 rings (SSSR count). The number of benzene rings is 1. The number of hydrogen-bond acceptors (Lipinski definition) is 2. The van der Waals surface area contributed by atoms with Crippen molar-refractivity contribution in [3.8, 4) is 0 Å². The Labute approximate surface area is 120 Å². The lowest BCUT2D eigenvalue weighted by molar-refractivity contribution is -0.149. The van der Waals surface area contributed by atoms with Gasteiger partial charge in [-0.25, -0.2) is 0 Å². The van der Waals surface area contributed by atoms with Crippen molar-refractivity contribution in [1.82, 2.24) is 5.32 Å². The molecule has 1 atom stereocenters. The van der Waals surface area contributed by atoms with Gasteiger partial charge in [-0.05, 0) is 40.2 Å². The van der Waals surface area contributed by atoms with Gasteiger partial charge in [-0.1, -0.05) is 29.3 Å². The van der Waals surface area contributed by atoms with Crippen LogP contribution in [0.15, 0.2) is 18.2 Å². The van der Waals surface area contributed by atoms with Gasteiger partial charge in [0.1, 0.15) is 0 Å². The normalized spacial score (nSPS) is 12.8. The van der Waals surface area contributed by atoms with Crippen molar-refractivity contribution in [1.29, 1.82) is 0 Å². The first-order valence-electron chi connectivity index (χ1n) is 6.73. The van der Waals surface area contributed by atoms with Gasteiger partial charge in [0.25, 0.3) is 0 Å². The monoisotopic (exact) mass is 277 g/mol. The number of carboxylic acid groups (broad SMARTS) is 1. The number of carbonyl (C=O) groups excluding carboxylic acids is 1. The highest BCUT2D eigenvalue weighted by atomic mass is 16.4. The molecule has 0 saturated carbocycles. The summed E-state index contributed by atoms with van der Waals surface area (Å²) in [7, 11) is 0. The minimum atomic E-state index is -1.05. The lowest BCUT2D eigenvalue weighted by Gasteiger charge is -2.21. The van der Waals surface area contributed by atoms with Crippen LogP contribution in [0, 0.1) is 19.3 Å². The number of carbonyl (C=O) groups is 2. The van der Waals surface area contributed by atoms with E-state index in [1.807, 2.05) is 32.9 Å². The van der Waals surface area contributed by atoms with E-state index in [0.29, 0.717) is 0 Å². The fourth-order valence-electron chi connectivity index (χ4n) is 2.11. The van der Waals surface area contributed by atoms with E-state index in [0.717, 1.165) is 16.7 Å². The average molecular weight is 277 g/mol. The molecule has 1 aromatic carbocycles. The molecule has 0 spiro atoms. The Bertz CT molecular complexity index is 500. The van der Waals surface area contributed by atoms with E-state index in [-0.39, 0.29) is 18.4 Å². The number of aryl methyl sites for hydroxylation is 2. The second kappa shape index (κ2) is 6.07. The van der Waals surface area contributed by atoms with Crippen LogP contribution in [-0.2, 0) is 9.59 Å². The first kappa shape index (κ1) is 16.2. The molecule has 1 amide bonds. The molecule has 1 aromatic rings. The van der Waals surface area contributed by atoms with E-state index in [1.54, 1.807) is 13.8 Å². The van der Waals surface area contributed by atoms with Crippen LogP contribution in [0.25, 0.3) is 0 Å². The fraction of sp³-hybridized carbons (Fsp3) is 0.500. The summed E-state index contributed by atoms with van der Waals surface area (Å²) in [6.45, 7) is 9.03. The third kappa shape index (κ3) is 4.37. The third-order valence-electron chi connectivity index (χ3n) is 3.30. The molecule has 2 N–H and O–H groups in total. The molecular formula is C16H23NO3. The number of nitrogens with one attached hydrogen (secondary N) is 1. The van der Waals surface area contributed by atoms with Crippen LogP contribution in [0.5, 0.6) is 0 Å². The summed E-state index contributed by atoms with van der Waals surface area (Å²) in [6, 6.07) is 6.00. The molecule has 20 heavy (non-hydrogen) atoms. The van der Waals surface area contributed by atoms with E-state index in [1.165, 1.54) is 0 Å². The van der Waals surface area contributed by atoms with Crippen molar-refractivity contribution in [3.05, 3.63) is 34.9 Å². The van der Waals surface area contributed by atoms with Crippen LogP contribution in [0.2, 0.25) is 0 Å². The Morgan fingerprint density at radius 2 is 1.70 bits per heavy atom. The molecule has 0 aliphatic heterocycles. The van der Waals surface area contributed by atoms with Crippen LogP contribution in [0.3, 0.4) is 0 Å². The van der Waals surface area contributed by atoms with E-state index in [9.17, 15) is 9.59 Å². The van der Waals surface area contributed by atoms with Crippen LogP contribution in [-0.4, -0.2) is 17.0 Å². The number of carboxylic acids is 1. The van der Waals surface area contributed by atoms with Crippen LogP contribution < -0.4 is 5.32 Å². The maximum Gasteiger partial charge on any atom is 0.309 e. The molecule has 0 heterocycles. The predicted octanol–water partition coefficient (Wildman–Crippen LogP) is 2.98. The van der Waals surface area contributed by atoms with Crippen molar-refractivity contribution in [2.75, 3.05) is 0 Å². The fourth-order valence-corrected chi connectivity index (χ4v) is 2.11. The van der Waals surface area contributed by atoms with E-state index < -0.39 is 11.4 Å². The van der Waals surface area contributed by atoms with E-state index >= 15 is 0 Å². The van der Waals surface area contributed by atoms with Crippen LogP contribution in [0.1, 0.15) is 49.9 Å². The van der Waals surface area contributed by atoms with Crippen LogP contribution in [0.4, 0.5) is 0 Å². The molecule has 4 nitrogen and oxygen atoms in total. The van der Waals surface area contributed by atoms with Gasteiger partial charge in [-0.3, -0.25) is 9.59 Å². The Balaban J connectivity index is 2.73. The lowest BCUT2D eigenvalue weighted by Crippen LogP contribution is -2.34. The third-order valence-corrected chi connectivity index (χ3v) is 3.30. The van der Waals surface area contributed by atoms with Gasteiger partial charge >= 0.3 is 5.97 Å². The number of rotatable bonds is 5. The Morgan fingerprint density at radius 3 is 2.15 bits per heavy atom. The predicted molar refractivity (Wildman–Crippen MR) is 78.5 cm³/mol. The summed E-state index contributed by atoms with van der Waals surface area (Å²) in [5.74, 6) is -1.21. The van der Waals surface area contributed by atoms with Crippen molar-refractivity contribution < 1.29 is 14.7 Å². The molecular weight excluding hydrogens is 254 g/mol. The smallest absolute Gasteiger partial charge is 0.309 e. The zero-order chi connectivity index (χ0) is 15.5. The van der Waals surface area contributed by atoms with Gasteiger partial charge in [0.05, 0.1) is 11.5 Å². The van der Waals surface area contributed by atoms with E-state index in [4.69, 9.17) is 5.11 Å². The van der Waals surface area contributed by atoms with Gasteiger partial charge in [-0.15, -0.1) is 0 Å². The highest BCUT2D eigenvalue weighted by Crippen LogP contribution is 2.22. The van der Waals surface area contributed by atoms with Crippen molar-refractivity contribution >= 4 is 11.9 Å². The summed E-state index contributed by atoms with van der Waals surface area (Å²) in [5, 5.41) is 11.9. The molecule has 0 aliphatic rings. The number of amides is 1. The second-order valence-corrected chi connectivity index (χ2v) is 6.08. The molecule has 0 fully saturated rings. The minimum Gasteiger partial charge on any atom is -0.481 e. The average Bonchev–Trinajstić information content (AvgIpc) is 2.26. The van der Waals surface area contributed by atoms with Gasteiger partial charge < -0.3 is 10.4 Å². The maximum atomic E-state index is 11.9. The van der Waals surface area contributed by atoms with Crippen molar-refractivity contribution in [3.63, 3.8) is 0 Å².